The van der Waals surface area contributed by atoms with Gasteiger partial charge in [0.1, 0.15) is 0 Å². The highest BCUT2D eigenvalue weighted by atomic mass is 16.1. The summed E-state index contributed by atoms with van der Waals surface area (Å²) in [5, 5.41) is 0. The van der Waals surface area contributed by atoms with E-state index >= 15 is 0 Å². The van der Waals surface area contributed by atoms with Crippen molar-refractivity contribution in [3.63, 3.8) is 0 Å². The first-order valence-corrected chi connectivity index (χ1v) is 7.59. The summed E-state index contributed by atoms with van der Waals surface area (Å²) in [6.07, 6.45) is 8.52. The summed E-state index contributed by atoms with van der Waals surface area (Å²) < 4.78 is 0. The lowest BCUT2D eigenvalue weighted by atomic mass is 9.67. The van der Waals surface area contributed by atoms with E-state index in [4.69, 9.17) is 0 Å². The van der Waals surface area contributed by atoms with Gasteiger partial charge in [-0.1, -0.05) is 26.3 Å². The van der Waals surface area contributed by atoms with Gasteiger partial charge in [-0.2, -0.15) is 0 Å². The van der Waals surface area contributed by atoms with Gasteiger partial charge in [-0.05, 0) is 73.7 Å². The molecule has 0 N–H and O–H groups in total. The van der Waals surface area contributed by atoms with Crippen molar-refractivity contribution in [2.45, 2.75) is 59.8 Å². The molecule has 0 heterocycles. The Morgan fingerprint density at radius 1 is 1.33 bits per heavy atom. The Balaban J connectivity index is 2.05. The molecule has 0 radical (unpaired) electrons. The topological polar surface area (TPSA) is 17.1 Å². The summed E-state index contributed by atoms with van der Waals surface area (Å²) in [4.78, 5) is 11.5. The van der Waals surface area contributed by atoms with Gasteiger partial charge in [-0.3, -0.25) is 4.79 Å². The van der Waals surface area contributed by atoms with Gasteiger partial charge < -0.3 is 0 Å². The first kappa shape index (κ1) is 12.4. The van der Waals surface area contributed by atoms with E-state index in [1.165, 1.54) is 37.7 Å². The fourth-order valence-electron chi connectivity index (χ4n) is 5.84. The number of hydrogen-bond acceptors (Lipinski definition) is 1. The van der Waals surface area contributed by atoms with E-state index in [2.05, 4.69) is 20.8 Å². The van der Waals surface area contributed by atoms with Crippen LogP contribution in [0.25, 0.3) is 0 Å². The van der Waals surface area contributed by atoms with Crippen LogP contribution < -0.4 is 0 Å². The molecule has 3 rings (SSSR count). The highest BCUT2D eigenvalue weighted by Crippen LogP contribution is 2.72. The molecule has 0 saturated heterocycles. The minimum atomic E-state index is 0.250. The van der Waals surface area contributed by atoms with E-state index in [1.807, 2.05) is 6.08 Å². The first-order valence-electron chi connectivity index (χ1n) is 7.59. The van der Waals surface area contributed by atoms with Gasteiger partial charge in [0.15, 0.2) is 5.78 Å². The Hall–Kier alpha value is -0.590. The van der Waals surface area contributed by atoms with Gasteiger partial charge >= 0.3 is 0 Å². The number of ketones is 1. The number of hydrogen-bond donors (Lipinski definition) is 0. The highest BCUT2D eigenvalue weighted by molar-refractivity contribution is 5.88. The molecule has 3 aliphatic rings. The number of fused-ring (bicyclic) bond motifs is 1. The maximum Gasteiger partial charge on any atom is 0.152 e. The third-order valence-corrected chi connectivity index (χ3v) is 6.56. The monoisotopic (exact) mass is 246 g/mol. The number of carbonyl (C=O) groups is 1. The lowest BCUT2D eigenvalue weighted by Gasteiger charge is -2.37. The van der Waals surface area contributed by atoms with Gasteiger partial charge in [0.05, 0.1) is 0 Å². The minimum absolute atomic E-state index is 0.250. The zero-order valence-electron chi connectivity index (χ0n) is 12.3. The molecule has 0 amide bonds. The fourth-order valence-corrected chi connectivity index (χ4v) is 5.84. The van der Waals surface area contributed by atoms with Crippen LogP contribution in [0.1, 0.15) is 59.8 Å². The fraction of sp³-hybridized carbons (Fsp3) is 0.824. The van der Waals surface area contributed by atoms with E-state index in [1.54, 1.807) is 6.92 Å². The standard InChI is InChI=1S/C17H26O/c1-11-7-8-17-10-14(11)16(3,4)15(17)6-5-13(17)9-12(2)18/h9,11,14-15H,5-8,10H2,1-4H3/b13-9+. The molecule has 0 aliphatic heterocycles. The molecule has 1 heteroatoms. The second-order valence-electron chi connectivity index (χ2n) is 7.68. The van der Waals surface area contributed by atoms with Gasteiger partial charge in [-0.15, -0.1) is 0 Å². The van der Waals surface area contributed by atoms with Crippen molar-refractivity contribution in [3.8, 4) is 0 Å². The Morgan fingerprint density at radius 2 is 2.06 bits per heavy atom. The summed E-state index contributed by atoms with van der Waals surface area (Å²) in [5.41, 5.74) is 2.39. The SMILES string of the molecule is CC(=O)/C=C1\CCC2C13CCC(C)C(C3)C2(C)C. The summed E-state index contributed by atoms with van der Waals surface area (Å²) in [7, 11) is 0. The number of rotatable bonds is 1. The van der Waals surface area contributed by atoms with Crippen LogP contribution in [0.2, 0.25) is 0 Å². The summed E-state index contributed by atoms with van der Waals surface area (Å²) in [6, 6.07) is 0. The molecule has 0 aromatic carbocycles. The molecule has 100 valence electrons. The van der Waals surface area contributed by atoms with Crippen LogP contribution >= 0.6 is 0 Å². The van der Waals surface area contributed by atoms with Crippen molar-refractivity contribution < 1.29 is 4.79 Å². The molecule has 0 aromatic heterocycles. The van der Waals surface area contributed by atoms with Crippen LogP contribution in [0.4, 0.5) is 0 Å². The largest absolute Gasteiger partial charge is 0.295 e. The molecule has 3 fully saturated rings. The van der Waals surface area contributed by atoms with Crippen LogP contribution in [-0.4, -0.2) is 5.78 Å². The van der Waals surface area contributed by atoms with Crippen LogP contribution in [0, 0.1) is 28.6 Å². The van der Waals surface area contributed by atoms with E-state index in [0.717, 1.165) is 17.8 Å². The zero-order chi connectivity index (χ0) is 13.1. The highest BCUT2D eigenvalue weighted by Gasteiger charge is 2.63. The molecular weight excluding hydrogens is 220 g/mol. The van der Waals surface area contributed by atoms with Gasteiger partial charge in [0, 0.05) is 0 Å². The Labute approximate surface area is 111 Å². The molecule has 3 saturated carbocycles. The maximum absolute atomic E-state index is 11.5. The van der Waals surface area contributed by atoms with Crippen molar-refractivity contribution in [3.05, 3.63) is 11.6 Å². The second kappa shape index (κ2) is 3.71. The van der Waals surface area contributed by atoms with Crippen molar-refractivity contribution in [2.24, 2.45) is 28.6 Å². The summed E-state index contributed by atoms with van der Waals surface area (Å²) in [5.74, 6) is 2.81. The van der Waals surface area contributed by atoms with Crippen LogP contribution in [-0.2, 0) is 4.79 Å². The maximum atomic E-state index is 11.5. The Bertz CT molecular complexity index is 417. The van der Waals surface area contributed by atoms with Crippen molar-refractivity contribution >= 4 is 5.78 Å². The van der Waals surface area contributed by atoms with Gasteiger partial charge in [-0.25, -0.2) is 0 Å². The zero-order valence-corrected chi connectivity index (χ0v) is 12.3. The minimum Gasteiger partial charge on any atom is -0.295 e. The normalized spacial score (nSPS) is 47.3. The molecule has 1 nitrogen and oxygen atoms in total. The predicted octanol–water partition coefficient (Wildman–Crippen LogP) is 4.37. The molecule has 18 heavy (non-hydrogen) atoms. The van der Waals surface area contributed by atoms with Gasteiger partial charge in [0.2, 0.25) is 0 Å². The van der Waals surface area contributed by atoms with Crippen LogP contribution in [0.15, 0.2) is 11.6 Å². The first-order chi connectivity index (χ1) is 8.38. The van der Waals surface area contributed by atoms with E-state index in [-0.39, 0.29) is 5.78 Å². The second-order valence-corrected chi connectivity index (χ2v) is 7.68. The van der Waals surface area contributed by atoms with Crippen molar-refractivity contribution in [1.82, 2.24) is 0 Å². The number of carbonyl (C=O) groups excluding carboxylic acids is 1. The lowest BCUT2D eigenvalue weighted by Crippen LogP contribution is -2.28. The summed E-state index contributed by atoms with van der Waals surface area (Å²) >= 11 is 0. The molecule has 1 spiro atoms. The molecule has 0 aromatic rings. The van der Waals surface area contributed by atoms with Crippen LogP contribution in [0.3, 0.4) is 0 Å². The smallest absolute Gasteiger partial charge is 0.152 e. The quantitative estimate of drug-likeness (QED) is 0.628. The van der Waals surface area contributed by atoms with E-state index in [0.29, 0.717) is 10.8 Å². The summed E-state index contributed by atoms with van der Waals surface area (Å²) in [6.45, 7) is 9.12. The Morgan fingerprint density at radius 3 is 2.72 bits per heavy atom. The average Bonchev–Trinajstić information content (AvgIpc) is 2.69. The average molecular weight is 246 g/mol. The molecule has 4 atom stereocenters. The predicted molar refractivity (Wildman–Crippen MR) is 74.2 cm³/mol. The van der Waals surface area contributed by atoms with Crippen LogP contribution in [0.5, 0.6) is 0 Å². The molecule has 3 aliphatic carbocycles. The lowest BCUT2D eigenvalue weighted by molar-refractivity contribution is -0.112. The third-order valence-electron chi connectivity index (χ3n) is 6.56. The molecular formula is C17H26O. The Kier molecular flexibility index (Phi) is 2.56. The third kappa shape index (κ3) is 1.42. The van der Waals surface area contributed by atoms with Gasteiger partial charge in [0.25, 0.3) is 0 Å². The number of allylic oxidation sites excluding steroid dienone is 2. The molecule has 4 unspecified atom stereocenters. The van der Waals surface area contributed by atoms with E-state index in [9.17, 15) is 4.79 Å². The molecule has 2 bridgehead atoms. The van der Waals surface area contributed by atoms with E-state index < -0.39 is 0 Å². The van der Waals surface area contributed by atoms with Crippen molar-refractivity contribution in [2.75, 3.05) is 0 Å². The van der Waals surface area contributed by atoms with Crippen molar-refractivity contribution in [1.29, 1.82) is 0 Å².